The highest BCUT2D eigenvalue weighted by Gasteiger charge is 2.47. The van der Waals surface area contributed by atoms with Crippen molar-refractivity contribution >= 4 is 15.6 Å². The van der Waals surface area contributed by atoms with Crippen molar-refractivity contribution in [2.24, 2.45) is 5.73 Å². The average Bonchev–Trinajstić information content (AvgIpc) is 2.26. The van der Waals surface area contributed by atoms with E-state index in [1.807, 2.05) is 0 Å². The predicted molar refractivity (Wildman–Crippen MR) is 59.8 cm³/mol. The third-order valence-electron chi connectivity index (χ3n) is 2.39. The van der Waals surface area contributed by atoms with Crippen LogP contribution in [0.1, 0.15) is 0 Å². The second-order valence-corrected chi connectivity index (χ2v) is 6.71. The number of hydrogen-bond acceptors (Lipinski definition) is 9. The van der Waals surface area contributed by atoms with Gasteiger partial charge in [-0.25, -0.2) is 9.13 Å². The lowest BCUT2D eigenvalue weighted by Crippen LogP contribution is -2.62. The molecule has 120 valence electrons. The molecule has 1 rings (SSSR count). The van der Waals surface area contributed by atoms with Crippen LogP contribution in [0.4, 0.5) is 0 Å². The molecule has 1 saturated heterocycles. The summed E-state index contributed by atoms with van der Waals surface area (Å²) in [6.07, 6.45) is -6.77. The first-order valence-corrected chi connectivity index (χ1v) is 8.15. The molecule has 6 atom stereocenters. The van der Waals surface area contributed by atoms with Gasteiger partial charge in [-0.05, 0) is 0 Å². The van der Waals surface area contributed by atoms with Crippen LogP contribution in [0.2, 0.25) is 0 Å². The largest absolute Gasteiger partial charge is 0.483 e. The Hall–Kier alpha value is 0.0600. The number of rotatable bonds is 5. The van der Waals surface area contributed by atoms with Crippen molar-refractivity contribution in [3.63, 3.8) is 0 Å². The van der Waals surface area contributed by atoms with Crippen LogP contribution < -0.4 is 5.73 Å². The molecule has 0 aliphatic carbocycles. The zero-order valence-electron chi connectivity index (χ0n) is 9.79. The predicted octanol–water partition coefficient (Wildman–Crippen LogP) is -3.02. The molecule has 0 aromatic rings. The summed E-state index contributed by atoms with van der Waals surface area (Å²) in [6.45, 7) is -0.695. The van der Waals surface area contributed by atoms with Crippen molar-refractivity contribution in [2.75, 3.05) is 6.61 Å². The third kappa shape index (κ3) is 4.81. The minimum Gasteiger partial charge on any atom is -0.394 e. The van der Waals surface area contributed by atoms with E-state index in [0.29, 0.717) is 0 Å². The van der Waals surface area contributed by atoms with Crippen molar-refractivity contribution < 1.29 is 52.7 Å². The Bertz CT molecular complexity index is 423. The van der Waals surface area contributed by atoms with Crippen LogP contribution in [0.5, 0.6) is 0 Å². The van der Waals surface area contributed by atoms with E-state index in [4.69, 9.17) is 30.3 Å². The van der Waals surface area contributed by atoms with Crippen molar-refractivity contribution in [2.45, 2.75) is 30.6 Å². The quantitative estimate of drug-likeness (QED) is 0.250. The van der Waals surface area contributed by atoms with E-state index in [1.165, 1.54) is 0 Å². The van der Waals surface area contributed by atoms with Crippen LogP contribution in [0.25, 0.3) is 0 Å². The molecular formula is C6H15NO11P2. The molecule has 1 heterocycles. The van der Waals surface area contributed by atoms with E-state index >= 15 is 0 Å². The lowest BCUT2D eigenvalue weighted by molar-refractivity contribution is -0.251. The standard InChI is InChI=1S/C6H15NO11P2/c7-3-2(1-8)16-6(5(10)4(3)9)17-20(14,15)18-19(11,12)13/h2-6,8-10H,1,7H2,(H,14,15)(H2,11,12,13)/t2-,3-,4+,5-,6-/m1/s1. The number of hydrogen-bond donors (Lipinski definition) is 7. The molecule has 0 radical (unpaired) electrons. The van der Waals surface area contributed by atoms with E-state index in [9.17, 15) is 19.3 Å². The van der Waals surface area contributed by atoms with Gasteiger partial charge < -0.3 is 40.5 Å². The number of aliphatic hydroxyl groups excluding tert-OH is 3. The SMILES string of the molecule is N[C@H]1[C@H](O)[C@@H](O)[C@@H](OP(=O)(O)OP(=O)(O)O)O[C@@H]1CO. The Morgan fingerprint density at radius 1 is 1.15 bits per heavy atom. The smallest absolute Gasteiger partial charge is 0.394 e. The van der Waals surface area contributed by atoms with E-state index in [0.717, 1.165) is 0 Å². The van der Waals surface area contributed by atoms with Gasteiger partial charge >= 0.3 is 15.6 Å². The Morgan fingerprint density at radius 2 is 1.70 bits per heavy atom. The van der Waals surface area contributed by atoms with Gasteiger partial charge in [0.15, 0.2) is 6.29 Å². The Balaban J connectivity index is 2.80. The van der Waals surface area contributed by atoms with E-state index in [1.54, 1.807) is 0 Å². The molecule has 0 saturated carbocycles. The van der Waals surface area contributed by atoms with Crippen molar-refractivity contribution in [1.29, 1.82) is 0 Å². The van der Waals surface area contributed by atoms with Gasteiger partial charge in [-0.15, -0.1) is 0 Å². The van der Waals surface area contributed by atoms with Crippen LogP contribution in [0.15, 0.2) is 0 Å². The number of phosphoric acid groups is 2. The molecule has 1 aliphatic heterocycles. The van der Waals surface area contributed by atoms with Crippen LogP contribution >= 0.6 is 15.6 Å². The van der Waals surface area contributed by atoms with Crippen molar-refractivity contribution in [3.05, 3.63) is 0 Å². The first-order chi connectivity index (χ1) is 8.97. The summed E-state index contributed by atoms with van der Waals surface area (Å²) in [5.74, 6) is 0. The molecule has 0 amide bonds. The molecule has 20 heavy (non-hydrogen) atoms. The van der Waals surface area contributed by atoms with Crippen LogP contribution in [0, 0.1) is 0 Å². The van der Waals surface area contributed by atoms with E-state index in [-0.39, 0.29) is 0 Å². The van der Waals surface area contributed by atoms with Gasteiger partial charge in [-0.3, -0.25) is 4.52 Å². The Labute approximate surface area is 112 Å². The van der Waals surface area contributed by atoms with E-state index in [2.05, 4.69) is 8.83 Å². The molecule has 0 aromatic heterocycles. The summed E-state index contributed by atoms with van der Waals surface area (Å²) in [4.78, 5) is 25.9. The molecule has 12 nitrogen and oxygen atoms in total. The maximum atomic E-state index is 11.3. The molecule has 1 fully saturated rings. The zero-order valence-corrected chi connectivity index (χ0v) is 11.6. The number of aliphatic hydroxyl groups is 3. The van der Waals surface area contributed by atoms with Gasteiger partial charge in [-0.2, -0.15) is 4.31 Å². The van der Waals surface area contributed by atoms with Gasteiger partial charge in [0.05, 0.1) is 12.6 Å². The Morgan fingerprint density at radius 3 is 2.15 bits per heavy atom. The second kappa shape index (κ2) is 6.44. The highest BCUT2D eigenvalue weighted by Crippen LogP contribution is 2.58. The summed E-state index contributed by atoms with van der Waals surface area (Å²) in [7, 11) is -10.6. The Kier molecular flexibility index (Phi) is 5.83. The minimum atomic E-state index is -5.34. The summed E-state index contributed by atoms with van der Waals surface area (Å²) in [6, 6.07) is -1.20. The van der Waals surface area contributed by atoms with Crippen LogP contribution in [0.3, 0.4) is 0 Å². The van der Waals surface area contributed by atoms with Gasteiger partial charge in [-0.1, -0.05) is 0 Å². The first-order valence-electron chi connectivity index (χ1n) is 5.13. The fourth-order valence-electron chi connectivity index (χ4n) is 1.49. The van der Waals surface area contributed by atoms with Crippen molar-refractivity contribution in [1.82, 2.24) is 0 Å². The molecule has 0 spiro atoms. The summed E-state index contributed by atoms with van der Waals surface area (Å²) >= 11 is 0. The normalized spacial score (nSPS) is 38.5. The number of ether oxygens (including phenoxy) is 1. The zero-order chi connectivity index (χ0) is 15.7. The van der Waals surface area contributed by atoms with E-state index < -0.39 is 52.9 Å². The molecule has 0 bridgehead atoms. The summed E-state index contributed by atoms with van der Waals surface area (Å²) < 4.78 is 34.3. The summed E-state index contributed by atoms with van der Waals surface area (Å²) in [5.41, 5.74) is 5.41. The summed E-state index contributed by atoms with van der Waals surface area (Å²) in [5, 5.41) is 28.0. The highest BCUT2D eigenvalue weighted by molar-refractivity contribution is 7.60. The third-order valence-corrected chi connectivity index (χ3v) is 4.54. The fraction of sp³-hybridized carbons (Fsp3) is 1.00. The average molecular weight is 339 g/mol. The fourth-order valence-corrected chi connectivity index (χ4v) is 3.16. The van der Waals surface area contributed by atoms with Crippen LogP contribution in [-0.4, -0.2) is 67.3 Å². The highest BCUT2D eigenvalue weighted by atomic mass is 31.3. The first kappa shape index (κ1) is 18.1. The van der Waals surface area contributed by atoms with Gasteiger partial charge in [0.1, 0.15) is 18.3 Å². The molecule has 1 unspecified atom stereocenters. The topological polar surface area (TPSA) is 209 Å². The lowest BCUT2D eigenvalue weighted by Gasteiger charge is -2.40. The second-order valence-electron chi connectivity index (χ2n) is 3.93. The van der Waals surface area contributed by atoms with Crippen molar-refractivity contribution in [3.8, 4) is 0 Å². The number of nitrogens with two attached hydrogens (primary N) is 1. The molecule has 1 aliphatic rings. The van der Waals surface area contributed by atoms with Crippen LogP contribution in [-0.2, 0) is 22.7 Å². The lowest BCUT2D eigenvalue weighted by atomic mass is 9.97. The molecule has 0 aromatic carbocycles. The van der Waals surface area contributed by atoms with Gasteiger partial charge in [0.25, 0.3) is 0 Å². The maximum absolute atomic E-state index is 11.3. The maximum Gasteiger partial charge on any atom is 0.483 e. The molecule has 14 heteroatoms. The monoisotopic (exact) mass is 339 g/mol. The number of phosphoric ester groups is 1. The van der Waals surface area contributed by atoms with Gasteiger partial charge in [0, 0.05) is 0 Å². The van der Waals surface area contributed by atoms with Gasteiger partial charge in [0.2, 0.25) is 0 Å². The molecule has 8 N–H and O–H groups in total. The molecular weight excluding hydrogens is 324 g/mol. The minimum absolute atomic E-state index is 0.695.